The van der Waals surface area contributed by atoms with Crippen LogP contribution in [-0.2, 0) is 17.6 Å². The standard InChI is InChI=1S/C25H28N6O3S2/c32-11-1-6-30-7-9-31(10-8-30)24(33)15-2-4-17-19(12-15)35-23-21(17)22(26-14-27-23)28-16-3-5-18-20(13-16)36-25(34)29-18/h3,5,13-15,32H,1-2,4,6-12H2,(H,29,34)(H,26,27,28)/t15-/m1/s1. The largest absolute Gasteiger partial charge is 0.396 e. The van der Waals surface area contributed by atoms with Gasteiger partial charge in [-0.25, -0.2) is 9.97 Å². The Morgan fingerprint density at radius 1 is 1.19 bits per heavy atom. The summed E-state index contributed by atoms with van der Waals surface area (Å²) in [6.07, 6.45) is 4.79. The number of aliphatic hydroxyl groups excluding tert-OH is 1. The molecule has 3 N–H and O–H groups in total. The summed E-state index contributed by atoms with van der Waals surface area (Å²) in [5.74, 6) is 1.05. The van der Waals surface area contributed by atoms with Crippen molar-refractivity contribution in [1.29, 1.82) is 0 Å². The van der Waals surface area contributed by atoms with E-state index in [2.05, 4.69) is 25.2 Å². The van der Waals surface area contributed by atoms with Gasteiger partial charge in [0.2, 0.25) is 5.91 Å². The highest BCUT2D eigenvalue weighted by molar-refractivity contribution is 7.19. The zero-order valence-electron chi connectivity index (χ0n) is 19.8. The number of nitrogens with one attached hydrogen (secondary N) is 2. The summed E-state index contributed by atoms with van der Waals surface area (Å²) >= 11 is 2.86. The number of aromatic nitrogens is 3. The van der Waals surface area contributed by atoms with Gasteiger partial charge >= 0.3 is 4.87 Å². The number of aliphatic hydroxyl groups is 1. The molecule has 1 atom stereocenters. The van der Waals surface area contributed by atoms with Crippen LogP contribution in [0.15, 0.2) is 29.3 Å². The number of anilines is 2. The Morgan fingerprint density at radius 2 is 2.06 bits per heavy atom. The molecule has 3 aromatic heterocycles. The number of amides is 1. The lowest BCUT2D eigenvalue weighted by atomic mass is 9.86. The lowest BCUT2D eigenvalue weighted by Crippen LogP contribution is -2.51. The number of rotatable bonds is 6. The van der Waals surface area contributed by atoms with Crippen molar-refractivity contribution in [1.82, 2.24) is 24.8 Å². The van der Waals surface area contributed by atoms with Crippen molar-refractivity contribution in [3.8, 4) is 0 Å². The minimum absolute atomic E-state index is 0.0118. The average molecular weight is 525 g/mol. The van der Waals surface area contributed by atoms with Crippen molar-refractivity contribution in [2.45, 2.75) is 25.7 Å². The molecule has 0 spiro atoms. The Hall–Kier alpha value is -2.86. The molecular formula is C25H28N6O3S2. The molecule has 4 aromatic rings. The van der Waals surface area contributed by atoms with Gasteiger partial charge in [-0.15, -0.1) is 11.3 Å². The smallest absolute Gasteiger partial charge is 0.305 e. The summed E-state index contributed by atoms with van der Waals surface area (Å²) in [4.78, 5) is 43.4. The van der Waals surface area contributed by atoms with Crippen LogP contribution in [0.5, 0.6) is 0 Å². The van der Waals surface area contributed by atoms with Gasteiger partial charge in [0, 0.05) is 55.8 Å². The minimum Gasteiger partial charge on any atom is -0.396 e. The topological polar surface area (TPSA) is 114 Å². The van der Waals surface area contributed by atoms with Gasteiger partial charge in [-0.1, -0.05) is 11.3 Å². The number of thiophene rings is 1. The van der Waals surface area contributed by atoms with Crippen LogP contribution < -0.4 is 10.2 Å². The molecule has 1 amide bonds. The fourth-order valence-electron chi connectivity index (χ4n) is 5.32. The second kappa shape index (κ2) is 9.89. The molecule has 0 unspecified atom stereocenters. The highest BCUT2D eigenvalue weighted by Gasteiger charge is 2.32. The van der Waals surface area contributed by atoms with Gasteiger partial charge in [-0.3, -0.25) is 14.5 Å². The Labute approximate surface area is 215 Å². The normalized spacial score (nSPS) is 18.6. The number of H-pyrrole nitrogens is 1. The molecular weight excluding hydrogens is 496 g/mol. The fourth-order valence-corrected chi connectivity index (χ4v) is 7.36. The summed E-state index contributed by atoms with van der Waals surface area (Å²) in [6.45, 7) is 4.39. The van der Waals surface area contributed by atoms with E-state index in [-0.39, 0.29) is 23.3 Å². The fraction of sp³-hybridized carbons (Fsp3) is 0.440. The Balaban J connectivity index is 1.19. The van der Waals surface area contributed by atoms with Crippen molar-refractivity contribution in [2.75, 3.05) is 44.6 Å². The number of carbonyl (C=O) groups excluding carboxylic acids is 1. The summed E-state index contributed by atoms with van der Waals surface area (Å²) in [6, 6.07) is 5.80. The average Bonchev–Trinajstić information content (AvgIpc) is 3.46. The first-order valence-electron chi connectivity index (χ1n) is 12.4. The predicted octanol–water partition coefficient (Wildman–Crippen LogP) is 2.97. The lowest BCUT2D eigenvalue weighted by Gasteiger charge is -2.37. The van der Waals surface area contributed by atoms with Crippen LogP contribution in [0.2, 0.25) is 0 Å². The van der Waals surface area contributed by atoms with Gasteiger partial charge in [0.05, 0.1) is 15.6 Å². The van der Waals surface area contributed by atoms with E-state index in [0.717, 1.165) is 90.3 Å². The number of fused-ring (bicyclic) bond motifs is 4. The Morgan fingerprint density at radius 3 is 2.89 bits per heavy atom. The maximum Gasteiger partial charge on any atom is 0.305 e. The van der Waals surface area contributed by atoms with Crippen LogP contribution in [0.4, 0.5) is 11.5 Å². The van der Waals surface area contributed by atoms with E-state index in [1.165, 1.54) is 21.8 Å². The maximum absolute atomic E-state index is 13.3. The maximum atomic E-state index is 13.3. The first-order valence-corrected chi connectivity index (χ1v) is 14.0. The van der Waals surface area contributed by atoms with Crippen molar-refractivity contribution in [3.05, 3.63) is 44.6 Å². The van der Waals surface area contributed by atoms with E-state index < -0.39 is 0 Å². The van der Waals surface area contributed by atoms with Crippen LogP contribution in [0.3, 0.4) is 0 Å². The van der Waals surface area contributed by atoms with E-state index in [0.29, 0.717) is 0 Å². The molecule has 0 bridgehead atoms. The van der Waals surface area contributed by atoms with E-state index in [9.17, 15) is 9.59 Å². The quantitative estimate of drug-likeness (QED) is 0.355. The summed E-state index contributed by atoms with van der Waals surface area (Å²) in [5.41, 5.74) is 2.96. The van der Waals surface area contributed by atoms with Crippen molar-refractivity contribution < 1.29 is 9.90 Å². The van der Waals surface area contributed by atoms with E-state index in [1.54, 1.807) is 17.7 Å². The van der Waals surface area contributed by atoms with Crippen LogP contribution in [0, 0.1) is 5.92 Å². The summed E-state index contributed by atoms with van der Waals surface area (Å²) < 4.78 is 0.901. The van der Waals surface area contributed by atoms with Crippen molar-refractivity contribution in [2.24, 2.45) is 5.92 Å². The second-order valence-electron chi connectivity index (χ2n) is 9.44. The molecule has 11 heteroatoms. The number of hydrogen-bond donors (Lipinski definition) is 3. The molecule has 1 aliphatic carbocycles. The molecule has 1 aliphatic heterocycles. The number of thiazole rings is 1. The molecule has 0 radical (unpaired) electrons. The van der Waals surface area contributed by atoms with Crippen LogP contribution >= 0.6 is 22.7 Å². The zero-order chi connectivity index (χ0) is 24.6. The molecule has 1 fully saturated rings. The van der Waals surface area contributed by atoms with E-state index in [1.807, 2.05) is 23.1 Å². The van der Waals surface area contributed by atoms with Gasteiger partial charge in [0.15, 0.2) is 0 Å². The van der Waals surface area contributed by atoms with Gasteiger partial charge in [-0.2, -0.15) is 0 Å². The third kappa shape index (κ3) is 4.52. The minimum atomic E-state index is -0.0637. The van der Waals surface area contributed by atoms with E-state index >= 15 is 0 Å². The summed E-state index contributed by atoms with van der Waals surface area (Å²) in [5, 5.41) is 13.5. The highest BCUT2D eigenvalue weighted by Crippen LogP contribution is 2.41. The number of nitrogens with zero attached hydrogens (tertiary/aromatic N) is 4. The van der Waals surface area contributed by atoms with Gasteiger partial charge in [-0.05, 0) is 49.4 Å². The third-order valence-electron chi connectivity index (χ3n) is 7.19. The lowest BCUT2D eigenvalue weighted by molar-refractivity contribution is -0.137. The molecule has 4 heterocycles. The molecule has 2 aliphatic rings. The number of aromatic amines is 1. The van der Waals surface area contributed by atoms with Crippen LogP contribution in [-0.4, -0.2) is 75.1 Å². The monoisotopic (exact) mass is 524 g/mol. The second-order valence-corrected chi connectivity index (χ2v) is 11.5. The van der Waals surface area contributed by atoms with E-state index in [4.69, 9.17) is 5.11 Å². The van der Waals surface area contributed by atoms with Crippen LogP contribution in [0.25, 0.3) is 20.4 Å². The number of carbonyl (C=O) groups is 1. The number of aryl methyl sites for hydroxylation is 1. The van der Waals surface area contributed by atoms with Crippen molar-refractivity contribution >= 4 is 60.5 Å². The van der Waals surface area contributed by atoms with Crippen molar-refractivity contribution in [3.63, 3.8) is 0 Å². The molecule has 1 saturated heterocycles. The summed E-state index contributed by atoms with van der Waals surface area (Å²) in [7, 11) is 0. The van der Waals surface area contributed by atoms with Gasteiger partial charge < -0.3 is 20.3 Å². The molecule has 9 nitrogen and oxygen atoms in total. The highest BCUT2D eigenvalue weighted by atomic mass is 32.1. The molecule has 188 valence electrons. The number of piperazine rings is 1. The first kappa shape index (κ1) is 23.5. The molecule has 0 saturated carbocycles. The number of hydrogen-bond acceptors (Lipinski definition) is 9. The molecule has 36 heavy (non-hydrogen) atoms. The SMILES string of the molecule is O=C([C@@H]1CCc2c(sc3ncnc(Nc4ccc5[nH]c(=O)sc5c4)c23)C1)N1CCN(CCCO)CC1. The Bertz CT molecular complexity index is 1470. The predicted molar refractivity (Wildman–Crippen MR) is 143 cm³/mol. The first-order chi connectivity index (χ1) is 17.6. The third-order valence-corrected chi connectivity index (χ3v) is 9.20. The Kier molecular flexibility index (Phi) is 6.46. The molecule has 6 rings (SSSR count). The zero-order valence-corrected chi connectivity index (χ0v) is 21.5. The van der Waals surface area contributed by atoms with Gasteiger partial charge in [0.1, 0.15) is 17.0 Å². The number of benzene rings is 1. The van der Waals surface area contributed by atoms with Crippen LogP contribution in [0.1, 0.15) is 23.3 Å². The molecule has 1 aromatic carbocycles. The van der Waals surface area contributed by atoms with Gasteiger partial charge in [0.25, 0.3) is 0 Å².